The van der Waals surface area contributed by atoms with Crippen molar-refractivity contribution in [1.82, 2.24) is 15.3 Å². The number of alkyl halides is 3. The maximum absolute atomic E-state index is 12.9. The summed E-state index contributed by atoms with van der Waals surface area (Å²) in [5.74, 6) is -0.108. The first-order chi connectivity index (χ1) is 7.54. The number of nitrogens with one attached hydrogen (secondary N) is 1. The molecule has 0 amide bonds. The lowest BCUT2D eigenvalue weighted by Gasteiger charge is -2.30. The lowest BCUT2D eigenvalue weighted by atomic mass is 10.0. The molecule has 1 fully saturated rings. The summed E-state index contributed by atoms with van der Waals surface area (Å²) in [4.78, 5) is 7.35. The van der Waals surface area contributed by atoms with Gasteiger partial charge in [0.25, 0.3) is 0 Å². The lowest BCUT2D eigenvalue weighted by molar-refractivity contribution is -0.241. The average Bonchev–Trinajstić information content (AvgIpc) is 2.68. The second-order valence-corrected chi connectivity index (χ2v) is 3.56. The molecule has 0 saturated carbocycles. The third-order valence-corrected chi connectivity index (χ3v) is 2.47. The molecular weight excluding hydrogens is 223 g/mol. The van der Waals surface area contributed by atoms with Crippen LogP contribution in [0.4, 0.5) is 13.2 Å². The molecule has 1 unspecified atom stereocenters. The first kappa shape index (κ1) is 11.1. The number of rotatable bonds is 2. The van der Waals surface area contributed by atoms with Gasteiger partial charge in [0.15, 0.2) is 0 Å². The highest BCUT2D eigenvalue weighted by atomic mass is 19.4. The molecule has 88 valence electrons. The number of halogens is 3. The third kappa shape index (κ3) is 1.95. The summed E-state index contributed by atoms with van der Waals surface area (Å²) in [6, 6.07) is 0. The Morgan fingerprint density at radius 1 is 1.38 bits per heavy atom. The largest absolute Gasteiger partial charge is 0.459 e. The van der Waals surface area contributed by atoms with Gasteiger partial charge in [0.2, 0.25) is 11.5 Å². The second-order valence-electron chi connectivity index (χ2n) is 3.56. The summed E-state index contributed by atoms with van der Waals surface area (Å²) >= 11 is 0. The van der Waals surface area contributed by atoms with Crippen LogP contribution in [0.2, 0.25) is 0 Å². The van der Waals surface area contributed by atoms with E-state index in [2.05, 4.69) is 15.3 Å². The molecule has 2 heterocycles. The van der Waals surface area contributed by atoms with Gasteiger partial charge in [0, 0.05) is 25.4 Å². The molecule has 1 aliphatic rings. The maximum atomic E-state index is 12.9. The minimum Gasteiger partial charge on any atom is -0.459 e. The zero-order valence-electron chi connectivity index (χ0n) is 8.29. The van der Waals surface area contributed by atoms with Crippen molar-refractivity contribution < 1.29 is 17.9 Å². The molecule has 0 radical (unpaired) electrons. The van der Waals surface area contributed by atoms with Gasteiger partial charge in [-0.15, -0.1) is 0 Å². The van der Waals surface area contributed by atoms with E-state index in [-0.39, 0.29) is 25.4 Å². The third-order valence-electron chi connectivity index (χ3n) is 2.47. The number of nitrogens with zero attached hydrogens (tertiary/aromatic N) is 2. The molecule has 0 bridgehead atoms. The van der Waals surface area contributed by atoms with Gasteiger partial charge in [-0.2, -0.15) is 13.2 Å². The molecule has 1 atom stereocenters. The predicted molar refractivity (Wildman–Crippen MR) is 48.9 cm³/mol. The second kappa shape index (κ2) is 3.89. The predicted octanol–water partition coefficient (Wildman–Crippen LogP) is 1.15. The van der Waals surface area contributed by atoms with Gasteiger partial charge >= 0.3 is 6.18 Å². The Kier molecular flexibility index (Phi) is 2.71. The molecule has 0 aromatic carbocycles. The van der Waals surface area contributed by atoms with Gasteiger partial charge in [0.05, 0.1) is 6.20 Å². The highest BCUT2D eigenvalue weighted by Gasteiger charge is 2.59. The SMILES string of the molecule is FC(F)(F)C1(Oc2cnccn2)CCNC1. The molecular formula is C9H10F3N3O. The van der Waals surface area contributed by atoms with Crippen molar-refractivity contribution in [3.05, 3.63) is 18.6 Å². The zero-order valence-corrected chi connectivity index (χ0v) is 8.29. The van der Waals surface area contributed by atoms with Crippen LogP contribution in [0, 0.1) is 0 Å². The van der Waals surface area contributed by atoms with Gasteiger partial charge in [0.1, 0.15) is 0 Å². The van der Waals surface area contributed by atoms with Crippen LogP contribution in [0.1, 0.15) is 6.42 Å². The molecule has 4 nitrogen and oxygen atoms in total. The highest BCUT2D eigenvalue weighted by molar-refractivity contribution is 5.08. The molecule has 0 spiro atoms. The van der Waals surface area contributed by atoms with E-state index in [1.807, 2.05) is 0 Å². The van der Waals surface area contributed by atoms with Gasteiger partial charge in [-0.25, -0.2) is 4.98 Å². The van der Waals surface area contributed by atoms with Crippen molar-refractivity contribution in [2.75, 3.05) is 13.1 Å². The van der Waals surface area contributed by atoms with E-state index in [9.17, 15) is 13.2 Å². The smallest absolute Gasteiger partial charge is 0.429 e. The summed E-state index contributed by atoms with van der Waals surface area (Å²) in [7, 11) is 0. The topological polar surface area (TPSA) is 47.0 Å². The highest BCUT2D eigenvalue weighted by Crippen LogP contribution is 2.38. The van der Waals surface area contributed by atoms with Crippen LogP contribution in [0.5, 0.6) is 5.88 Å². The molecule has 1 aliphatic heterocycles. The Bertz CT molecular complexity index is 349. The average molecular weight is 233 g/mol. The van der Waals surface area contributed by atoms with E-state index in [1.54, 1.807) is 0 Å². The number of hydrogen-bond donors (Lipinski definition) is 1. The summed E-state index contributed by atoms with van der Waals surface area (Å²) in [6.07, 6.45) is -0.700. The molecule has 1 saturated heterocycles. The molecule has 2 rings (SSSR count). The minimum absolute atomic E-state index is 0.108. The van der Waals surface area contributed by atoms with Crippen LogP contribution in [0.15, 0.2) is 18.6 Å². The van der Waals surface area contributed by atoms with Gasteiger partial charge < -0.3 is 10.1 Å². The van der Waals surface area contributed by atoms with Crippen LogP contribution in [0.25, 0.3) is 0 Å². The van der Waals surface area contributed by atoms with Crippen LogP contribution in [-0.2, 0) is 0 Å². The van der Waals surface area contributed by atoms with Crippen molar-refractivity contribution in [3.63, 3.8) is 0 Å². The molecule has 16 heavy (non-hydrogen) atoms. The fraction of sp³-hybridized carbons (Fsp3) is 0.556. The molecule has 1 N–H and O–H groups in total. The summed E-state index contributed by atoms with van der Waals surface area (Å²) < 4.78 is 43.6. The molecule has 1 aromatic rings. The van der Waals surface area contributed by atoms with Crippen molar-refractivity contribution >= 4 is 0 Å². The van der Waals surface area contributed by atoms with Crippen molar-refractivity contribution in [3.8, 4) is 5.88 Å². The van der Waals surface area contributed by atoms with E-state index in [0.29, 0.717) is 0 Å². The van der Waals surface area contributed by atoms with Crippen molar-refractivity contribution in [2.45, 2.75) is 18.2 Å². The Balaban J connectivity index is 2.22. The summed E-state index contributed by atoms with van der Waals surface area (Å²) in [5.41, 5.74) is -2.18. The lowest BCUT2D eigenvalue weighted by Crippen LogP contribution is -2.52. The first-order valence-electron chi connectivity index (χ1n) is 4.76. The quantitative estimate of drug-likeness (QED) is 0.832. The van der Waals surface area contributed by atoms with Crippen LogP contribution in [0.3, 0.4) is 0 Å². The minimum atomic E-state index is -4.42. The van der Waals surface area contributed by atoms with E-state index >= 15 is 0 Å². The van der Waals surface area contributed by atoms with E-state index in [0.717, 1.165) is 0 Å². The Morgan fingerprint density at radius 2 is 2.19 bits per heavy atom. The van der Waals surface area contributed by atoms with Crippen LogP contribution < -0.4 is 10.1 Å². The summed E-state index contributed by atoms with van der Waals surface area (Å²) in [6.45, 7) is 0.0207. The van der Waals surface area contributed by atoms with Crippen molar-refractivity contribution in [1.29, 1.82) is 0 Å². The Hall–Kier alpha value is -1.37. The Labute approximate surface area is 89.8 Å². The fourth-order valence-corrected chi connectivity index (χ4v) is 1.59. The molecule has 1 aromatic heterocycles. The fourth-order valence-electron chi connectivity index (χ4n) is 1.59. The summed E-state index contributed by atoms with van der Waals surface area (Å²) in [5, 5.41) is 2.65. The monoisotopic (exact) mass is 233 g/mol. The number of ether oxygens (including phenoxy) is 1. The molecule has 7 heteroatoms. The van der Waals surface area contributed by atoms with Gasteiger partial charge in [-0.1, -0.05) is 0 Å². The van der Waals surface area contributed by atoms with E-state index < -0.39 is 11.8 Å². The van der Waals surface area contributed by atoms with Crippen LogP contribution in [-0.4, -0.2) is 34.8 Å². The standard InChI is InChI=1S/C9H10F3N3O/c10-9(11,12)8(1-2-14-6-8)16-7-5-13-3-4-15-7/h3-5,14H,1-2,6H2. The van der Waals surface area contributed by atoms with Gasteiger partial charge in [-0.3, -0.25) is 4.98 Å². The maximum Gasteiger partial charge on any atom is 0.429 e. The van der Waals surface area contributed by atoms with E-state index in [1.165, 1.54) is 18.6 Å². The Morgan fingerprint density at radius 3 is 2.69 bits per heavy atom. The van der Waals surface area contributed by atoms with E-state index in [4.69, 9.17) is 4.74 Å². The van der Waals surface area contributed by atoms with Crippen LogP contribution >= 0.6 is 0 Å². The zero-order chi connectivity index (χ0) is 11.6. The first-order valence-corrected chi connectivity index (χ1v) is 4.76. The normalized spacial score (nSPS) is 25.7. The number of aromatic nitrogens is 2. The van der Waals surface area contributed by atoms with Gasteiger partial charge in [-0.05, 0) is 6.54 Å². The van der Waals surface area contributed by atoms with Crippen molar-refractivity contribution in [2.24, 2.45) is 0 Å². The molecule has 0 aliphatic carbocycles. The number of hydrogen-bond acceptors (Lipinski definition) is 4.